The Kier molecular flexibility index (Phi) is 5.04. The van der Waals surface area contributed by atoms with Gasteiger partial charge < -0.3 is 10.4 Å². The number of hydrogen-bond donors (Lipinski definition) is 2. The molecule has 0 saturated carbocycles. The molecule has 0 aromatic heterocycles. The highest BCUT2D eigenvalue weighted by molar-refractivity contribution is 6.07. The third kappa shape index (κ3) is 4.64. The van der Waals surface area contributed by atoms with Crippen LogP contribution in [-0.4, -0.2) is 22.8 Å². The van der Waals surface area contributed by atoms with E-state index in [1.807, 2.05) is 12.1 Å². The van der Waals surface area contributed by atoms with Crippen molar-refractivity contribution in [2.24, 2.45) is 0 Å². The van der Waals surface area contributed by atoms with Crippen LogP contribution in [0.5, 0.6) is 0 Å². The summed E-state index contributed by atoms with van der Waals surface area (Å²) in [6, 6.07) is 14.2. The summed E-state index contributed by atoms with van der Waals surface area (Å²) in [5.41, 5.74) is 2.99. The number of amides is 1. The maximum Gasteiger partial charge on any atom is 0.328 e. The molecular weight excluding hydrogens is 294 g/mol. The molecule has 23 heavy (non-hydrogen) atoms. The van der Waals surface area contributed by atoms with E-state index in [0.29, 0.717) is 11.3 Å². The zero-order chi connectivity index (χ0) is 16.8. The number of hydrogen-bond acceptors (Lipinski definition) is 3. The molecule has 0 fully saturated rings. The Morgan fingerprint density at radius 3 is 1.87 bits per heavy atom. The van der Waals surface area contributed by atoms with Crippen LogP contribution in [0.4, 0.5) is 5.69 Å². The summed E-state index contributed by atoms with van der Waals surface area (Å²) in [6.45, 7) is 1.45. The normalized spacial score (nSPS) is 10.5. The summed E-state index contributed by atoms with van der Waals surface area (Å²) in [5, 5.41) is 11.2. The summed E-state index contributed by atoms with van der Waals surface area (Å²) < 4.78 is 0. The minimum absolute atomic E-state index is 0.130. The molecule has 0 aliphatic heterocycles. The molecule has 2 aromatic rings. The molecule has 5 nitrogen and oxygen atoms in total. The molecule has 0 aliphatic carbocycles. The average Bonchev–Trinajstić information content (AvgIpc) is 2.53. The van der Waals surface area contributed by atoms with Crippen molar-refractivity contribution < 1.29 is 19.5 Å². The summed E-state index contributed by atoms with van der Waals surface area (Å²) >= 11 is 0. The van der Waals surface area contributed by atoms with Crippen molar-refractivity contribution in [2.75, 3.05) is 5.32 Å². The molecule has 0 saturated heterocycles. The van der Waals surface area contributed by atoms with Crippen LogP contribution in [0.25, 0.3) is 11.1 Å². The van der Waals surface area contributed by atoms with Crippen molar-refractivity contribution in [3.8, 4) is 11.1 Å². The van der Waals surface area contributed by atoms with E-state index in [1.165, 1.54) is 6.92 Å². The molecule has 0 heterocycles. The maximum atomic E-state index is 11.8. The van der Waals surface area contributed by atoms with E-state index in [-0.39, 0.29) is 11.7 Å². The quantitative estimate of drug-likeness (QED) is 0.656. The molecule has 2 N–H and O–H groups in total. The number of carboxylic acid groups (broad SMARTS) is 1. The molecule has 0 spiro atoms. The van der Waals surface area contributed by atoms with E-state index in [4.69, 9.17) is 5.11 Å². The summed E-state index contributed by atoms with van der Waals surface area (Å²) in [6.07, 6.45) is 1.84. The van der Waals surface area contributed by atoms with Gasteiger partial charge in [0.15, 0.2) is 5.78 Å². The molecule has 0 unspecified atom stereocenters. The van der Waals surface area contributed by atoms with Crippen LogP contribution in [0.15, 0.2) is 60.7 Å². The third-order valence-electron chi connectivity index (χ3n) is 3.09. The molecule has 5 heteroatoms. The fraction of sp³-hybridized carbons (Fsp3) is 0.0556. The van der Waals surface area contributed by atoms with Crippen LogP contribution in [0.3, 0.4) is 0 Å². The Bertz CT molecular complexity index is 759. The second-order valence-electron chi connectivity index (χ2n) is 4.87. The minimum Gasteiger partial charge on any atom is -0.478 e. The molecule has 0 bridgehead atoms. The Morgan fingerprint density at radius 2 is 1.39 bits per heavy atom. The van der Waals surface area contributed by atoms with Crippen LogP contribution in [0.1, 0.15) is 17.3 Å². The minimum atomic E-state index is -1.16. The van der Waals surface area contributed by atoms with Gasteiger partial charge in [-0.15, -0.1) is 0 Å². The number of rotatable bonds is 5. The van der Waals surface area contributed by atoms with Crippen molar-refractivity contribution in [1.29, 1.82) is 0 Å². The molecule has 0 aliphatic rings. The highest BCUT2D eigenvalue weighted by Gasteiger charge is 2.04. The first kappa shape index (κ1) is 16.2. The van der Waals surface area contributed by atoms with Crippen molar-refractivity contribution in [2.45, 2.75) is 6.92 Å². The number of benzene rings is 2. The Hall–Kier alpha value is -3.21. The number of ketones is 1. The summed E-state index contributed by atoms with van der Waals surface area (Å²) in [5.74, 6) is -1.65. The van der Waals surface area contributed by atoms with Crippen LogP contribution >= 0.6 is 0 Å². The van der Waals surface area contributed by atoms with Crippen LogP contribution in [0.2, 0.25) is 0 Å². The smallest absolute Gasteiger partial charge is 0.328 e. The second kappa shape index (κ2) is 7.17. The topological polar surface area (TPSA) is 83.5 Å². The SMILES string of the molecule is CC(=O)Nc1ccc(-c2ccc(C(=O)C=CC(=O)O)cc2)cc1. The zero-order valence-corrected chi connectivity index (χ0v) is 12.4. The highest BCUT2D eigenvalue weighted by Crippen LogP contribution is 2.22. The Morgan fingerprint density at radius 1 is 0.870 bits per heavy atom. The number of carboxylic acids is 1. The Labute approximate surface area is 133 Å². The average molecular weight is 309 g/mol. The summed E-state index contributed by atoms with van der Waals surface area (Å²) in [7, 11) is 0. The lowest BCUT2D eigenvalue weighted by Crippen LogP contribution is -2.05. The second-order valence-corrected chi connectivity index (χ2v) is 4.87. The van der Waals surface area contributed by atoms with Gasteiger partial charge >= 0.3 is 5.97 Å². The number of anilines is 1. The molecule has 0 radical (unpaired) electrons. The fourth-order valence-electron chi connectivity index (χ4n) is 2.02. The van der Waals surface area contributed by atoms with Crippen molar-refractivity contribution in [3.63, 3.8) is 0 Å². The fourth-order valence-corrected chi connectivity index (χ4v) is 2.02. The standard InChI is InChI=1S/C18H15NO4/c1-12(20)19-16-8-6-14(7-9-16)13-2-4-15(5-3-13)17(21)10-11-18(22)23/h2-11H,1H3,(H,19,20)(H,22,23). The molecule has 116 valence electrons. The van der Waals surface area contributed by atoms with Gasteiger partial charge in [-0.3, -0.25) is 9.59 Å². The van der Waals surface area contributed by atoms with Gasteiger partial charge in [0.1, 0.15) is 0 Å². The molecular formula is C18H15NO4. The lowest BCUT2D eigenvalue weighted by molar-refractivity contribution is -0.131. The number of aliphatic carboxylic acids is 1. The van der Waals surface area contributed by atoms with Crippen LogP contribution in [0, 0.1) is 0 Å². The maximum absolute atomic E-state index is 11.8. The zero-order valence-electron chi connectivity index (χ0n) is 12.4. The molecule has 0 atom stereocenters. The van der Waals surface area contributed by atoms with Gasteiger partial charge in [-0.2, -0.15) is 0 Å². The monoisotopic (exact) mass is 309 g/mol. The van der Waals surface area contributed by atoms with E-state index in [9.17, 15) is 14.4 Å². The van der Waals surface area contributed by atoms with Gasteiger partial charge in [-0.05, 0) is 29.3 Å². The number of carbonyl (C=O) groups excluding carboxylic acids is 2. The van der Waals surface area contributed by atoms with Gasteiger partial charge in [-0.25, -0.2) is 4.79 Å². The lowest BCUT2D eigenvalue weighted by atomic mass is 10.0. The largest absolute Gasteiger partial charge is 0.478 e. The molecule has 2 aromatic carbocycles. The van der Waals surface area contributed by atoms with Gasteiger partial charge in [0.25, 0.3) is 0 Å². The molecule has 2 rings (SSSR count). The van der Waals surface area contributed by atoms with Gasteiger partial charge in [0.05, 0.1) is 0 Å². The van der Waals surface area contributed by atoms with E-state index >= 15 is 0 Å². The van der Waals surface area contributed by atoms with E-state index in [2.05, 4.69) is 5.32 Å². The van der Waals surface area contributed by atoms with Crippen LogP contribution < -0.4 is 5.32 Å². The first-order chi connectivity index (χ1) is 11.0. The van der Waals surface area contributed by atoms with E-state index < -0.39 is 5.97 Å². The molecule has 1 amide bonds. The first-order valence-corrected chi connectivity index (χ1v) is 6.89. The van der Waals surface area contributed by atoms with Gasteiger partial charge in [0.2, 0.25) is 5.91 Å². The highest BCUT2D eigenvalue weighted by atomic mass is 16.4. The summed E-state index contributed by atoms with van der Waals surface area (Å²) in [4.78, 5) is 33.1. The van der Waals surface area contributed by atoms with Crippen molar-refractivity contribution in [3.05, 3.63) is 66.2 Å². The van der Waals surface area contributed by atoms with E-state index in [1.54, 1.807) is 36.4 Å². The van der Waals surface area contributed by atoms with Crippen molar-refractivity contribution >= 4 is 23.3 Å². The third-order valence-corrected chi connectivity index (χ3v) is 3.09. The lowest BCUT2D eigenvalue weighted by Gasteiger charge is -2.05. The van der Waals surface area contributed by atoms with Gasteiger partial charge in [-0.1, -0.05) is 36.4 Å². The Balaban J connectivity index is 2.14. The number of allylic oxidation sites excluding steroid dienone is 1. The first-order valence-electron chi connectivity index (χ1n) is 6.89. The van der Waals surface area contributed by atoms with Gasteiger partial charge in [0, 0.05) is 24.3 Å². The number of carbonyl (C=O) groups is 3. The van der Waals surface area contributed by atoms with Crippen molar-refractivity contribution in [1.82, 2.24) is 0 Å². The number of nitrogens with one attached hydrogen (secondary N) is 1. The predicted octanol–water partition coefficient (Wildman–Crippen LogP) is 3.14. The predicted molar refractivity (Wildman–Crippen MR) is 87.3 cm³/mol. The van der Waals surface area contributed by atoms with Crippen LogP contribution in [-0.2, 0) is 9.59 Å². The van der Waals surface area contributed by atoms with E-state index in [0.717, 1.165) is 23.3 Å².